The van der Waals surface area contributed by atoms with Gasteiger partial charge in [0.25, 0.3) is 11.5 Å². The lowest BCUT2D eigenvalue weighted by Gasteiger charge is -2.20. The van der Waals surface area contributed by atoms with Gasteiger partial charge in [-0.15, -0.1) is 0 Å². The highest BCUT2D eigenvalue weighted by Crippen LogP contribution is 2.26. The van der Waals surface area contributed by atoms with Crippen molar-refractivity contribution in [2.75, 3.05) is 19.5 Å². The summed E-state index contributed by atoms with van der Waals surface area (Å²) in [7, 11) is 3.06. The van der Waals surface area contributed by atoms with Gasteiger partial charge in [-0.2, -0.15) is 0 Å². The zero-order valence-electron chi connectivity index (χ0n) is 17.4. The number of benzene rings is 2. The average molecular weight is 394 g/mol. The first-order valence-corrected chi connectivity index (χ1v) is 9.38. The molecule has 3 rings (SSSR count). The molecule has 0 atom stereocenters. The van der Waals surface area contributed by atoms with Gasteiger partial charge in [-0.1, -0.05) is 26.8 Å². The fourth-order valence-electron chi connectivity index (χ4n) is 3.20. The molecule has 1 N–H and O–H groups in total. The van der Waals surface area contributed by atoms with Gasteiger partial charge in [0.2, 0.25) is 0 Å². The molecular weight excluding hydrogens is 368 g/mol. The Morgan fingerprint density at radius 2 is 1.66 bits per heavy atom. The molecule has 3 aromatic rings. The summed E-state index contributed by atoms with van der Waals surface area (Å²) >= 11 is 0. The van der Waals surface area contributed by atoms with E-state index in [1.807, 2.05) is 6.07 Å². The number of aromatic nitrogens is 1. The van der Waals surface area contributed by atoms with E-state index < -0.39 is 0 Å². The number of hydrogen-bond acceptors (Lipinski definition) is 4. The van der Waals surface area contributed by atoms with Crippen molar-refractivity contribution in [2.24, 2.45) is 5.41 Å². The monoisotopic (exact) mass is 394 g/mol. The van der Waals surface area contributed by atoms with Crippen molar-refractivity contribution in [2.45, 2.75) is 27.3 Å². The van der Waals surface area contributed by atoms with Crippen LogP contribution >= 0.6 is 0 Å². The van der Waals surface area contributed by atoms with Crippen LogP contribution < -0.4 is 20.3 Å². The fraction of sp³-hybridized carbons (Fsp3) is 0.304. The molecule has 2 aromatic carbocycles. The van der Waals surface area contributed by atoms with Crippen molar-refractivity contribution in [3.63, 3.8) is 0 Å². The van der Waals surface area contributed by atoms with E-state index in [0.29, 0.717) is 40.1 Å². The first-order valence-electron chi connectivity index (χ1n) is 9.38. The summed E-state index contributed by atoms with van der Waals surface area (Å²) < 4.78 is 12.2. The van der Waals surface area contributed by atoms with Gasteiger partial charge in [0.1, 0.15) is 11.5 Å². The lowest BCUT2D eigenvalue weighted by Crippen LogP contribution is -2.26. The molecule has 1 heterocycles. The van der Waals surface area contributed by atoms with Crippen LogP contribution in [0, 0.1) is 5.41 Å². The van der Waals surface area contributed by atoms with Gasteiger partial charge in [-0.3, -0.25) is 9.59 Å². The highest BCUT2D eigenvalue weighted by Gasteiger charge is 2.15. The highest BCUT2D eigenvalue weighted by molar-refractivity contribution is 6.09. The van der Waals surface area contributed by atoms with Gasteiger partial charge in [0.15, 0.2) is 0 Å². The number of carbonyl (C=O) groups excluding carboxylic acids is 1. The number of methoxy groups -OCH3 is 2. The summed E-state index contributed by atoms with van der Waals surface area (Å²) in [4.78, 5) is 25.7. The maximum atomic E-state index is 12.9. The number of carbonyl (C=O) groups is 1. The maximum Gasteiger partial charge on any atom is 0.258 e. The molecule has 152 valence electrons. The van der Waals surface area contributed by atoms with Crippen LogP contribution in [0.15, 0.2) is 53.5 Å². The zero-order valence-corrected chi connectivity index (χ0v) is 17.4. The first-order chi connectivity index (χ1) is 13.7. The Hall–Kier alpha value is -3.28. The number of hydrogen-bond donors (Lipinski definition) is 1. The van der Waals surface area contributed by atoms with Crippen molar-refractivity contribution < 1.29 is 14.3 Å². The number of fused-ring (bicyclic) bond motifs is 1. The second-order valence-corrected chi connectivity index (χ2v) is 8.13. The normalized spacial score (nSPS) is 11.3. The predicted molar refractivity (Wildman–Crippen MR) is 115 cm³/mol. The van der Waals surface area contributed by atoms with E-state index in [-0.39, 0.29) is 16.9 Å². The fourth-order valence-corrected chi connectivity index (χ4v) is 3.20. The van der Waals surface area contributed by atoms with E-state index in [2.05, 4.69) is 26.1 Å². The van der Waals surface area contributed by atoms with Gasteiger partial charge in [-0.05, 0) is 35.7 Å². The third-order valence-electron chi connectivity index (χ3n) is 4.53. The summed E-state index contributed by atoms with van der Waals surface area (Å²) in [5.41, 5.74) is 0.888. The SMILES string of the molecule is COc1cc(OC)cc(C(=O)Nc2cccc3c(=O)n(CC(C)(C)C)ccc23)c1. The Morgan fingerprint density at radius 1 is 1.00 bits per heavy atom. The molecule has 0 aliphatic rings. The summed E-state index contributed by atoms with van der Waals surface area (Å²) in [5, 5.41) is 4.17. The van der Waals surface area contributed by atoms with Crippen LogP contribution in [-0.4, -0.2) is 24.7 Å². The van der Waals surface area contributed by atoms with Crippen LogP contribution in [0.3, 0.4) is 0 Å². The molecule has 0 radical (unpaired) electrons. The number of rotatable bonds is 5. The Kier molecular flexibility index (Phi) is 5.64. The standard InChI is InChI=1S/C23H26N2O4/c1-23(2,3)14-25-10-9-18-19(22(25)27)7-6-8-20(18)24-21(26)15-11-16(28-4)13-17(12-15)29-5/h6-13H,14H2,1-5H3,(H,24,26). The molecule has 0 saturated heterocycles. The molecular formula is C23H26N2O4. The minimum Gasteiger partial charge on any atom is -0.497 e. The Balaban J connectivity index is 1.98. The molecule has 0 unspecified atom stereocenters. The van der Waals surface area contributed by atoms with Gasteiger partial charge >= 0.3 is 0 Å². The lowest BCUT2D eigenvalue weighted by atomic mass is 9.96. The van der Waals surface area contributed by atoms with Crippen LogP contribution in [0.25, 0.3) is 10.8 Å². The van der Waals surface area contributed by atoms with E-state index >= 15 is 0 Å². The molecule has 0 aliphatic carbocycles. The topological polar surface area (TPSA) is 69.6 Å². The molecule has 1 aromatic heterocycles. The average Bonchev–Trinajstić information content (AvgIpc) is 2.69. The summed E-state index contributed by atoms with van der Waals surface area (Å²) in [6.45, 7) is 6.87. The number of amides is 1. The summed E-state index contributed by atoms with van der Waals surface area (Å²) in [6.07, 6.45) is 1.78. The van der Waals surface area contributed by atoms with Crippen LogP contribution in [0.5, 0.6) is 11.5 Å². The smallest absolute Gasteiger partial charge is 0.258 e. The second kappa shape index (κ2) is 7.99. The molecule has 1 amide bonds. The van der Waals surface area contributed by atoms with E-state index in [9.17, 15) is 9.59 Å². The Labute approximate surface area is 170 Å². The third kappa shape index (κ3) is 4.59. The van der Waals surface area contributed by atoms with E-state index in [0.717, 1.165) is 0 Å². The highest BCUT2D eigenvalue weighted by atomic mass is 16.5. The van der Waals surface area contributed by atoms with E-state index in [1.165, 1.54) is 14.2 Å². The molecule has 0 fully saturated rings. The van der Waals surface area contributed by atoms with E-state index in [4.69, 9.17) is 9.47 Å². The molecule has 6 nitrogen and oxygen atoms in total. The molecule has 6 heteroatoms. The van der Waals surface area contributed by atoms with Crippen LogP contribution in [0.2, 0.25) is 0 Å². The minimum atomic E-state index is -0.312. The summed E-state index contributed by atoms with van der Waals surface area (Å²) in [6, 6.07) is 12.2. The number of nitrogens with one attached hydrogen (secondary N) is 1. The number of nitrogens with zero attached hydrogens (tertiary/aromatic N) is 1. The molecule has 29 heavy (non-hydrogen) atoms. The molecule has 0 spiro atoms. The van der Waals surface area contributed by atoms with Crippen molar-refractivity contribution in [1.82, 2.24) is 4.57 Å². The second-order valence-electron chi connectivity index (χ2n) is 8.13. The van der Waals surface area contributed by atoms with Crippen molar-refractivity contribution in [3.05, 3.63) is 64.6 Å². The lowest BCUT2D eigenvalue weighted by molar-refractivity contribution is 0.102. The van der Waals surface area contributed by atoms with Crippen LogP contribution in [0.4, 0.5) is 5.69 Å². The number of ether oxygens (including phenoxy) is 2. The van der Waals surface area contributed by atoms with Crippen molar-refractivity contribution in [1.29, 1.82) is 0 Å². The summed E-state index contributed by atoms with van der Waals surface area (Å²) in [5.74, 6) is 0.739. The number of pyridine rings is 1. The first kappa shape index (κ1) is 20.5. The van der Waals surface area contributed by atoms with E-state index in [1.54, 1.807) is 47.2 Å². The Morgan fingerprint density at radius 3 is 2.24 bits per heavy atom. The van der Waals surface area contributed by atoms with Crippen LogP contribution in [0.1, 0.15) is 31.1 Å². The number of anilines is 1. The van der Waals surface area contributed by atoms with Crippen LogP contribution in [-0.2, 0) is 6.54 Å². The largest absolute Gasteiger partial charge is 0.497 e. The molecule has 0 aliphatic heterocycles. The maximum absolute atomic E-state index is 12.9. The minimum absolute atomic E-state index is 0.0191. The molecule has 0 saturated carbocycles. The van der Waals surface area contributed by atoms with Gasteiger partial charge in [0.05, 0.1) is 14.2 Å². The van der Waals surface area contributed by atoms with Gasteiger partial charge in [-0.25, -0.2) is 0 Å². The van der Waals surface area contributed by atoms with Crippen molar-refractivity contribution in [3.8, 4) is 11.5 Å². The van der Waals surface area contributed by atoms with Gasteiger partial charge < -0.3 is 19.4 Å². The van der Waals surface area contributed by atoms with Crippen molar-refractivity contribution >= 4 is 22.4 Å². The third-order valence-corrected chi connectivity index (χ3v) is 4.53. The quantitative estimate of drug-likeness (QED) is 0.700. The zero-order chi connectivity index (χ0) is 21.2. The Bertz CT molecular complexity index is 1090. The predicted octanol–water partition coefficient (Wildman–Crippen LogP) is 4.32. The van der Waals surface area contributed by atoms with Gasteiger partial charge in [0, 0.05) is 40.8 Å². The molecule has 0 bridgehead atoms.